The van der Waals surface area contributed by atoms with E-state index >= 15 is 0 Å². The molecule has 1 aromatic rings. The molecule has 1 fully saturated rings. The first-order valence-electron chi connectivity index (χ1n) is 6.85. The highest BCUT2D eigenvalue weighted by atomic mass is 32.2. The minimum Gasteiger partial charge on any atom is -0.339 e. The van der Waals surface area contributed by atoms with E-state index in [0.29, 0.717) is 13.1 Å². The molecule has 21 heavy (non-hydrogen) atoms. The molecule has 0 N–H and O–H groups in total. The van der Waals surface area contributed by atoms with E-state index in [9.17, 15) is 17.6 Å². The van der Waals surface area contributed by atoms with Crippen LogP contribution in [-0.4, -0.2) is 50.7 Å². The van der Waals surface area contributed by atoms with Crippen molar-refractivity contribution in [2.75, 3.05) is 27.2 Å². The van der Waals surface area contributed by atoms with Crippen LogP contribution in [0.15, 0.2) is 23.1 Å². The molecule has 1 amide bonds. The van der Waals surface area contributed by atoms with E-state index in [1.807, 2.05) is 0 Å². The maximum atomic E-state index is 13.9. The highest BCUT2D eigenvalue weighted by molar-refractivity contribution is 7.89. The van der Waals surface area contributed by atoms with Crippen molar-refractivity contribution in [2.45, 2.75) is 24.2 Å². The van der Waals surface area contributed by atoms with Crippen molar-refractivity contribution in [3.05, 3.63) is 29.6 Å². The number of hydrogen-bond donors (Lipinski definition) is 0. The van der Waals surface area contributed by atoms with E-state index < -0.39 is 21.7 Å². The van der Waals surface area contributed by atoms with E-state index in [4.69, 9.17) is 0 Å². The number of carbonyl (C=O) groups excluding carboxylic acids is 1. The molecule has 7 heteroatoms. The summed E-state index contributed by atoms with van der Waals surface area (Å²) in [5.41, 5.74) is -0.181. The standard InChI is InChI=1S/C14H19FN2O3S/c1-16(2)21(19,20)11-6-7-13(15)12(10-11)14(18)17-8-4-3-5-9-17/h6-7,10H,3-5,8-9H2,1-2H3. The topological polar surface area (TPSA) is 57.7 Å². The Balaban J connectivity index is 2.37. The van der Waals surface area contributed by atoms with Gasteiger partial charge in [-0.25, -0.2) is 17.1 Å². The van der Waals surface area contributed by atoms with Gasteiger partial charge < -0.3 is 4.90 Å². The first kappa shape index (κ1) is 15.9. The molecule has 1 heterocycles. The van der Waals surface area contributed by atoms with Gasteiger partial charge in [0.05, 0.1) is 10.5 Å². The Morgan fingerprint density at radius 3 is 2.38 bits per heavy atom. The zero-order valence-corrected chi connectivity index (χ0v) is 13.0. The number of amides is 1. The number of piperidine rings is 1. The first-order chi connectivity index (χ1) is 9.84. The molecule has 1 aromatic carbocycles. The third-order valence-corrected chi connectivity index (χ3v) is 5.40. The average Bonchev–Trinajstić information content (AvgIpc) is 2.47. The molecule has 0 spiro atoms. The zero-order valence-electron chi connectivity index (χ0n) is 12.2. The minimum absolute atomic E-state index is 0.0748. The van der Waals surface area contributed by atoms with Gasteiger partial charge in [-0.3, -0.25) is 4.79 Å². The second kappa shape index (κ2) is 6.11. The van der Waals surface area contributed by atoms with Crippen LogP contribution in [-0.2, 0) is 10.0 Å². The second-order valence-electron chi connectivity index (χ2n) is 5.28. The van der Waals surface area contributed by atoms with Crippen LogP contribution in [0.2, 0.25) is 0 Å². The first-order valence-corrected chi connectivity index (χ1v) is 8.29. The molecule has 116 valence electrons. The maximum absolute atomic E-state index is 13.9. The van der Waals surface area contributed by atoms with E-state index in [-0.39, 0.29) is 10.5 Å². The predicted molar refractivity (Wildman–Crippen MR) is 77.0 cm³/mol. The molecule has 0 aliphatic carbocycles. The average molecular weight is 314 g/mol. The van der Waals surface area contributed by atoms with Crippen LogP contribution in [0.1, 0.15) is 29.6 Å². The summed E-state index contributed by atoms with van der Waals surface area (Å²) >= 11 is 0. The van der Waals surface area contributed by atoms with Crippen molar-refractivity contribution in [2.24, 2.45) is 0 Å². The Bertz CT molecular complexity index is 638. The molecule has 1 aliphatic rings. The number of rotatable bonds is 3. The molecule has 0 saturated carbocycles. The number of sulfonamides is 1. The number of hydrogen-bond acceptors (Lipinski definition) is 3. The number of benzene rings is 1. The van der Waals surface area contributed by atoms with E-state index in [0.717, 1.165) is 35.7 Å². The fourth-order valence-electron chi connectivity index (χ4n) is 2.31. The molecule has 0 aromatic heterocycles. The fraction of sp³-hybridized carbons (Fsp3) is 0.500. The Labute approximate surface area is 124 Å². The molecule has 2 rings (SSSR count). The smallest absolute Gasteiger partial charge is 0.256 e. The van der Waals surface area contributed by atoms with Crippen LogP contribution in [0.25, 0.3) is 0 Å². The zero-order chi connectivity index (χ0) is 15.6. The number of carbonyl (C=O) groups is 1. The third kappa shape index (κ3) is 3.24. The highest BCUT2D eigenvalue weighted by Gasteiger charge is 2.24. The Kier molecular flexibility index (Phi) is 4.63. The summed E-state index contributed by atoms with van der Waals surface area (Å²) in [5, 5.41) is 0. The van der Waals surface area contributed by atoms with Crippen LogP contribution in [0.5, 0.6) is 0 Å². The summed E-state index contributed by atoms with van der Waals surface area (Å²) in [6.07, 6.45) is 2.84. The van der Waals surface area contributed by atoms with Crippen molar-refractivity contribution in [3.63, 3.8) is 0 Å². The molecule has 0 bridgehead atoms. The Morgan fingerprint density at radius 1 is 1.19 bits per heavy atom. The van der Waals surface area contributed by atoms with Crippen LogP contribution >= 0.6 is 0 Å². The monoisotopic (exact) mass is 314 g/mol. The second-order valence-corrected chi connectivity index (χ2v) is 7.43. The minimum atomic E-state index is -3.68. The van der Waals surface area contributed by atoms with Gasteiger partial charge in [0.15, 0.2) is 0 Å². The third-order valence-electron chi connectivity index (χ3n) is 3.59. The number of nitrogens with zero attached hydrogens (tertiary/aromatic N) is 2. The predicted octanol–water partition coefficient (Wildman–Crippen LogP) is 1.70. The molecular weight excluding hydrogens is 295 g/mol. The summed E-state index contributed by atoms with van der Waals surface area (Å²) < 4.78 is 39.1. The molecule has 0 atom stereocenters. The van der Waals surface area contributed by atoms with Gasteiger partial charge in [-0.2, -0.15) is 0 Å². The molecule has 1 aliphatic heterocycles. The van der Waals surface area contributed by atoms with Gasteiger partial charge in [0.2, 0.25) is 10.0 Å². The molecular formula is C14H19FN2O3S. The Hall–Kier alpha value is -1.47. The number of likely N-dealkylation sites (tertiary alicyclic amines) is 1. The van der Waals surface area contributed by atoms with Gasteiger partial charge in [-0.1, -0.05) is 0 Å². The molecule has 1 saturated heterocycles. The van der Waals surface area contributed by atoms with Crippen LogP contribution in [0.3, 0.4) is 0 Å². The quantitative estimate of drug-likeness (QED) is 0.853. The van der Waals surface area contributed by atoms with Crippen molar-refractivity contribution in [1.29, 1.82) is 0 Å². The normalized spacial score (nSPS) is 16.3. The Morgan fingerprint density at radius 2 is 1.81 bits per heavy atom. The van der Waals surface area contributed by atoms with Gasteiger partial charge in [-0.15, -0.1) is 0 Å². The number of halogens is 1. The van der Waals surface area contributed by atoms with Crippen LogP contribution < -0.4 is 0 Å². The van der Waals surface area contributed by atoms with Crippen LogP contribution in [0.4, 0.5) is 4.39 Å². The lowest BCUT2D eigenvalue weighted by atomic mass is 10.1. The maximum Gasteiger partial charge on any atom is 0.256 e. The van der Waals surface area contributed by atoms with Crippen molar-refractivity contribution >= 4 is 15.9 Å². The summed E-state index contributed by atoms with van der Waals surface area (Å²) in [5.74, 6) is -1.13. The molecule has 5 nitrogen and oxygen atoms in total. The van der Waals surface area contributed by atoms with Crippen LogP contribution in [0, 0.1) is 5.82 Å². The summed E-state index contributed by atoms with van der Waals surface area (Å²) in [6.45, 7) is 1.17. The van der Waals surface area contributed by atoms with Gasteiger partial charge in [-0.05, 0) is 37.5 Å². The summed E-state index contributed by atoms with van der Waals surface area (Å²) in [6, 6.07) is 3.34. The van der Waals surface area contributed by atoms with Crippen molar-refractivity contribution in [3.8, 4) is 0 Å². The van der Waals surface area contributed by atoms with E-state index in [1.165, 1.54) is 20.2 Å². The molecule has 0 radical (unpaired) electrons. The summed E-state index contributed by atoms with van der Waals surface area (Å²) in [7, 11) is -0.897. The van der Waals surface area contributed by atoms with Crippen molar-refractivity contribution in [1.82, 2.24) is 9.21 Å². The van der Waals surface area contributed by atoms with E-state index in [1.54, 1.807) is 4.90 Å². The van der Waals surface area contributed by atoms with Gasteiger partial charge in [0.25, 0.3) is 5.91 Å². The lowest BCUT2D eigenvalue weighted by Crippen LogP contribution is -2.36. The fourth-order valence-corrected chi connectivity index (χ4v) is 3.24. The SMILES string of the molecule is CN(C)S(=O)(=O)c1ccc(F)c(C(=O)N2CCCCC2)c1. The van der Waals surface area contributed by atoms with Gasteiger partial charge in [0.1, 0.15) is 5.82 Å². The highest BCUT2D eigenvalue weighted by Crippen LogP contribution is 2.20. The lowest BCUT2D eigenvalue weighted by molar-refractivity contribution is 0.0719. The van der Waals surface area contributed by atoms with Gasteiger partial charge >= 0.3 is 0 Å². The van der Waals surface area contributed by atoms with Crippen molar-refractivity contribution < 1.29 is 17.6 Å². The summed E-state index contributed by atoms with van der Waals surface area (Å²) in [4.78, 5) is 13.8. The largest absolute Gasteiger partial charge is 0.339 e. The lowest BCUT2D eigenvalue weighted by Gasteiger charge is -2.27. The van der Waals surface area contributed by atoms with E-state index in [2.05, 4.69) is 0 Å². The van der Waals surface area contributed by atoms with Gasteiger partial charge in [0, 0.05) is 27.2 Å². The molecule has 0 unspecified atom stereocenters.